The summed E-state index contributed by atoms with van der Waals surface area (Å²) in [7, 11) is 0. The maximum Gasteiger partial charge on any atom is 0.0642 e. The molecule has 19 heavy (non-hydrogen) atoms. The first-order chi connectivity index (χ1) is 9.06. The zero-order valence-corrected chi connectivity index (χ0v) is 13.5. The summed E-state index contributed by atoms with van der Waals surface area (Å²) in [6, 6.07) is 6.95. The summed E-state index contributed by atoms with van der Waals surface area (Å²) in [6.07, 6.45) is 0. The van der Waals surface area contributed by atoms with E-state index >= 15 is 0 Å². The Morgan fingerprint density at radius 2 is 2.26 bits per heavy atom. The second kappa shape index (κ2) is 6.87. The highest BCUT2D eigenvalue weighted by Crippen LogP contribution is 2.30. The summed E-state index contributed by atoms with van der Waals surface area (Å²) in [4.78, 5) is 2.41. The first-order valence-electron chi connectivity index (χ1n) is 6.94. The smallest absolute Gasteiger partial charge is 0.0642 e. The zero-order chi connectivity index (χ0) is 13.8. The largest absolute Gasteiger partial charge is 0.368 e. The number of anilines is 1. The molecule has 0 aliphatic carbocycles. The van der Waals surface area contributed by atoms with Crippen LogP contribution in [0, 0.1) is 0 Å². The molecule has 1 heterocycles. The number of nitrogens with one attached hydrogen (secondary N) is 1. The Balaban J connectivity index is 2.06. The van der Waals surface area contributed by atoms with Crippen molar-refractivity contribution in [1.82, 2.24) is 5.32 Å². The summed E-state index contributed by atoms with van der Waals surface area (Å²) in [6.45, 7) is 9.66. The van der Waals surface area contributed by atoms with Gasteiger partial charge in [-0.25, -0.2) is 0 Å². The second-order valence-electron chi connectivity index (χ2n) is 5.45. The van der Waals surface area contributed by atoms with E-state index in [2.05, 4.69) is 49.2 Å². The van der Waals surface area contributed by atoms with Gasteiger partial charge in [0.2, 0.25) is 0 Å². The van der Waals surface area contributed by atoms with E-state index in [-0.39, 0.29) is 0 Å². The molecule has 4 heteroatoms. The summed E-state index contributed by atoms with van der Waals surface area (Å²) >= 11 is 8.49. The van der Waals surface area contributed by atoms with Gasteiger partial charge < -0.3 is 10.2 Å². The summed E-state index contributed by atoms with van der Waals surface area (Å²) < 4.78 is 0. The van der Waals surface area contributed by atoms with E-state index in [0.29, 0.717) is 11.3 Å². The van der Waals surface area contributed by atoms with Crippen LogP contribution in [0.5, 0.6) is 0 Å². The normalized spacial score (nSPS) is 20.1. The fourth-order valence-corrected chi connectivity index (χ4v) is 3.61. The number of hydrogen-bond acceptors (Lipinski definition) is 3. The minimum absolute atomic E-state index is 0.499. The van der Waals surface area contributed by atoms with Gasteiger partial charge in [0.1, 0.15) is 0 Å². The molecule has 0 aromatic heterocycles. The monoisotopic (exact) mass is 298 g/mol. The first-order valence-corrected chi connectivity index (χ1v) is 8.37. The van der Waals surface area contributed by atoms with Gasteiger partial charge in [-0.15, -0.1) is 0 Å². The summed E-state index contributed by atoms with van der Waals surface area (Å²) in [5.41, 5.74) is 2.43. The van der Waals surface area contributed by atoms with Crippen molar-refractivity contribution >= 4 is 29.1 Å². The topological polar surface area (TPSA) is 15.3 Å². The van der Waals surface area contributed by atoms with Crippen LogP contribution < -0.4 is 10.2 Å². The molecule has 1 N–H and O–H groups in total. The van der Waals surface area contributed by atoms with Crippen LogP contribution in [0.4, 0.5) is 5.69 Å². The van der Waals surface area contributed by atoms with Gasteiger partial charge in [0.15, 0.2) is 0 Å². The van der Waals surface area contributed by atoms with Crippen molar-refractivity contribution in [3.05, 3.63) is 28.8 Å². The molecule has 1 fully saturated rings. The van der Waals surface area contributed by atoms with E-state index in [1.807, 2.05) is 11.8 Å². The van der Waals surface area contributed by atoms with Crippen molar-refractivity contribution in [2.75, 3.05) is 23.7 Å². The van der Waals surface area contributed by atoms with Crippen LogP contribution in [0.3, 0.4) is 0 Å². The van der Waals surface area contributed by atoms with Crippen LogP contribution in [0.1, 0.15) is 26.3 Å². The molecule has 1 aliphatic rings. The third-order valence-corrected chi connectivity index (χ3v) is 4.75. The average molecular weight is 299 g/mol. The lowest BCUT2D eigenvalue weighted by Crippen LogP contribution is -2.36. The predicted molar refractivity (Wildman–Crippen MR) is 87.6 cm³/mol. The third kappa shape index (κ3) is 4.30. The van der Waals surface area contributed by atoms with Crippen LogP contribution in [-0.2, 0) is 6.54 Å². The Kier molecular flexibility index (Phi) is 5.43. The van der Waals surface area contributed by atoms with Crippen LogP contribution in [0.15, 0.2) is 18.2 Å². The van der Waals surface area contributed by atoms with Crippen LogP contribution in [0.2, 0.25) is 5.02 Å². The van der Waals surface area contributed by atoms with Gasteiger partial charge in [0.05, 0.1) is 10.7 Å². The highest BCUT2D eigenvalue weighted by atomic mass is 35.5. The maximum atomic E-state index is 6.45. The molecule has 1 atom stereocenters. The Labute approximate surface area is 125 Å². The van der Waals surface area contributed by atoms with Crippen molar-refractivity contribution in [3.8, 4) is 0 Å². The van der Waals surface area contributed by atoms with Gasteiger partial charge in [-0.1, -0.05) is 38.4 Å². The van der Waals surface area contributed by atoms with E-state index in [9.17, 15) is 0 Å². The second-order valence-corrected chi connectivity index (χ2v) is 7.40. The van der Waals surface area contributed by atoms with Gasteiger partial charge in [-0.2, -0.15) is 11.8 Å². The lowest BCUT2D eigenvalue weighted by molar-refractivity contribution is 0.589. The minimum atomic E-state index is 0.499. The van der Waals surface area contributed by atoms with Crippen molar-refractivity contribution < 1.29 is 0 Å². The number of rotatable bonds is 4. The molecule has 1 aliphatic heterocycles. The third-order valence-electron chi connectivity index (χ3n) is 3.31. The fraction of sp³-hybridized carbons (Fsp3) is 0.600. The molecule has 106 valence electrons. The molecule has 0 radical (unpaired) electrons. The predicted octanol–water partition coefficient (Wildman–Crippen LogP) is 3.78. The molecule has 0 bridgehead atoms. The van der Waals surface area contributed by atoms with Crippen molar-refractivity contribution in [1.29, 1.82) is 0 Å². The Morgan fingerprint density at radius 1 is 1.47 bits per heavy atom. The molecule has 2 nitrogen and oxygen atoms in total. The van der Waals surface area contributed by atoms with Gasteiger partial charge in [-0.3, -0.25) is 0 Å². The fourth-order valence-electron chi connectivity index (χ4n) is 2.28. The van der Waals surface area contributed by atoms with Crippen molar-refractivity contribution in [2.45, 2.75) is 38.6 Å². The molecule has 0 spiro atoms. The van der Waals surface area contributed by atoms with E-state index in [1.165, 1.54) is 17.0 Å². The lowest BCUT2D eigenvalue weighted by atomic mass is 10.1. The number of thioether (sulfide) groups is 1. The van der Waals surface area contributed by atoms with Gasteiger partial charge >= 0.3 is 0 Å². The van der Waals surface area contributed by atoms with Crippen LogP contribution in [-0.4, -0.2) is 30.1 Å². The first kappa shape index (κ1) is 15.0. The Bertz CT molecular complexity index is 423. The number of benzene rings is 1. The van der Waals surface area contributed by atoms with Crippen molar-refractivity contribution in [2.24, 2.45) is 0 Å². The summed E-state index contributed by atoms with van der Waals surface area (Å²) in [5, 5.41) is 4.98. The quantitative estimate of drug-likeness (QED) is 0.911. The van der Waals surface area contributed by atoms with E-state index in [1.54, 1.807) is 0 Å². The highest BCUT2D eigenvalue weighted by Gasteiger charge is 2.18. The molecule has 1 saturated heterocycles. The van der Waals surface area contributed by atoms with E-state index in [4.69, 9.17) is 11.6 Å². The molecule has 1 aromatic carbocycles. The molecule has 1 unspecified atom stereocenters. The van der Waals surface area contributed by atoms with Gasteiger partial charge in [-0.05, 0) is 17.7 Å². The van der Waals surface area contributed by atoms with E-state index < -0.39 is 0 Å². The average Bonchev–Trinajstić information content (AvgIpc) is 2.36. The maximum absolute atomic E-state index is 6.45. The molecule has 0 amide bonds. The van der Waals surface area contributed by atoms with Gasteiger partial charge in [0.25, 0.3) is 0 Å². The zero-order valence-electron chi connectivity index (χ0n) is 11.9. The molecule has 0 saturated carbocycles. The van der Waals surface area contributed by atoms with Gasteiger partial charge in [0, 0.05) is 36.7 Å². The number of nitrogens with zero attached hydrogens (tertiary/aromatic N) is 1. The van der Waals surface area contributed by atoms with E-state index in [0.717, 1.165) is 24.7 Å². The standard InChI is InChI=1S/C15H23ClN2S/c1-11(2)17-9-13-4-5-15(14(16)8-13)18-6-7-19-12(3)10-18/h4-5,8,11-12,17H,6-7,9-10H2,1-3H3. The molecule has 2 rings (SSSR count). The minimum Gasteiger partial charge on any atom is -0.368 e. The summed E-state index contributed by atoms with van der Waals surface area (Å²) in [5.74, 6) is 1.19. The molecular weight excluding hydrogens is 276 g/mol. The molecular formula is C15H23ClN2S. The number of hydrogen-bond donors (Lipinski definition) is 1. The van der Waals surface area contributed by atoms with Crippen molar-refractivity contribution in [3.63, 3.8) is 0 Å². The SMILES string of the molecule is CC(C)NCc1ccc(N2CCSC(C)C2)c(Cl)c1. The Morgan fingerprint density at radius 3 is 2.89 bits per heavy atom. The molecule has 1 aromatic rings. The Hall–Kier alpha value is -0.380. The van der Waals surface area contributed by atoms with Crippen LogP contribution in [0.25, 0.3) is 0 Å². The highest BCUT2D eigenvalue weighted by molar-refractivity contribution is 8.00. The number of halogens is 1. The lowest BCUT2D eigenvalue weighted by Gasteiger charge is -2.33. The van der Waals surface area contributed by atoms with Crippen LogP contribution >= 0.6 is 23.4 Å².